The van der Waals surface area contributed by atoms with E-state index in [0.717, 1.165) is 18.0 Å². The Hall–Kier alpha value is -1.77. The zero-order valence-corrected chi connectivity index (χ0v) is 13.2. The van der Waals surface area contributed by atoms with Crippen molar-refractivity contribution in [2.75, 3.05) is 23.7 Å². The number of halogens is 1. The molecule has 2 aromatic rings. The van der Waals surface area contributed by atoms with E-state index in [0.29, 0.717) is 18.4 Å². The minimum absolute atomic E-state index is 0.137. The highest BCUT2D eigenvalue weighted by Gasteiger charge is 2.52. The van der Waals surface area contributed by atoms with Crippen LogP contribution in [-0.2, 0) is 5.54 Å². The fourth-order valence-electron chi connectivity index (χ4n) is 3.40. The van der Waals surface area contributed by atoms with E-state index in [-0.39, 0.29) is 11.0 Å². The Kier molecular flexibility index (Phi) is 3.67. The zero-order chi connectivity index (χ0) is 15.9. The lowest BCUT2D eigenvalue weighted by atomic mass is 9.84. The maximum Gasteiger partial charge on any atom is 0.225 e. The number of thioether (sulfide) groups is 1. The minimum atomic E-state index is -0.430. The first-order valence-electron chi connectivity index (χ1n) is 7.46. The van der Waals surface area contributed by atoms with Crippen LogP contribution < -0.4 is 16.0 Å². The summed E-state index contributed by atoms with van der Waals surface area (Å²) in [5.74, 6) is 1.37. The van der Waals surface area contributed by atoms with Crippen molar-refractivity contribution in [3.63, 3.8) is 0 Å². The molecule has 120 valence electrons. The first-order valence-corrected chi connectivity index (χ1v) is 8.51. The number of nitrogens with zero attached hydrogens (tertiary/aromatic N) is 4. The normalized spacial score (nSPS) is 30.3. The Bertz CT molecular complexity index is 684. The number of nitrogens with two attached hydrogens (primary N) is 1. The van der Waals surface area contributed by atoms with E-state index in [1.807, 2.05) is 18.2 Å². The van der Waals surface area contributed by atoms with Crippen molar-refractivity contribution in [3.05, 3.63) is 48.3 Å². The van der Waals surface area contributed by atoms with Crippen molar-refractivity contribution in [1.29, 1.82) is 0 Å². The number of hydrogen-bond donors (Lipinski definition) is 2. The van der Waals surface area contributed by atoms with E-state index in [1.54, 1.807) is 18.0 Å². The van der Waals surface area contributed by atoms with Crippen LogP contribution in [0.2, 0.25) is 0 Å². The molecule has 1 unspecified atom stereocenters. The van der Waals surface area contributed by atoms with Crippen LogP contribution >= 0.6 is 11.8 Å². The van der Waals surface area contributed by atoms with Crippen molar-refractivity contribution in [3.8, 4) is 0 Å². The molecule has 2 aliphatic heterocycles. The van der Waals surface area contributed by atoms with Crippen LogP contribution in [0.15, 0.2) is 36.8 Å². The first kappa shape index (κ1) is 14.8. The lowest BCUT2D eigenvalue weighted by Crippen LogP contribution is -2.59. The monoisotopic (exact) mass is 332 g/mol. The summed E-state index contributed by atoms with van der Waals surface area (Å²) in [6.45, 7) is 1.45. The fourth-order valence-corrected chi connectivity index (χ4v) is 4.53. The van der Waals surface area contributed by atoms with Crippen LogP contribution in [0.25, 0.3) is 0 Å². The molecule has 3 N–H and O–H groups in total. The van der Waals surface area contributed by atoms with Gasteiger partial charge >= 0.3 is 0 Å². The van der Waals surface area contributed by atoms with Crippen molar-refractivity contribution >= 4 is 17.7 Å². The average Bonchev–Trinajstić information content (AvgIpc) is 2.96. The van der Waals surface area contributed by atoms with Crippen LogP contribution in [0.5, 0.6) is 0 Å². The van der Waals surface area contributed by atoms with Gasteiger partial charge in [0.2, 0.25) is 5.95 Å². The van der Waals surface area contributed by atoms with Gasteiger partial charge in [-0.15, -0.1) is 11.8 Å². The number of rotatable bonds is 2. The van der Waals surface area contributed by atoms with Crippen LogP contribution in [0, 0.1) is 11.7 Å². The Balaban J connectivity index is 1.70. The van der Waals surface area contributed by atoms with E-state index in [2.05, 4.69) is 25.2 Å². The summed E-state index contributed by atoms with van der Waals surface area (Å²) in [6, 6.07) is 5.92. The second-order valence-electron chi connectivity index (χ2n) is 5.86. The van der Waals surface area contributed by atoms with E-state index >= 15 is 0 Å². The summed E-state index contributed by atoms with van der Waals surface area (Å²) in [6.07, 6.45) is 4.20. The summed E-state index contributed by atoms with van der Waals surface area (Å²) in [5, 5.41) is 3.53. The van der Waals surface area contributed by atoms with Gasteiger partial charge < -0.3 is 10.6 Å². The van der Waals surface area contributed by atoms with Crippen molar-refractivity contribution in [1.82, 2.24) is 20.3 Å². The van der Waals surface area contributed by atoms with Crippen molar-refractivity contribution < 1.29 is 4.39 Å². The molecule has 0 bridgehead atoms. The number of fused-ring (bicyclic) bond motifs is 1. The van der Waals surface area contributed by atoms with Crippen LogP contribution in [0.1, 0.15) is 5.69 Å². The average molecular weight is 332 g/mol. The molecule has 4 rings (SSSR count). The Labute approximate surface area is 137 Å². The highest BCUT2D eigenvalue weighted by molar-refractivity contribution is 7.99. The topological polar surface area (TPSA) is 80.0 Å². The number of nitrogens with one attached hydrogen (secondary N) is 1. The van der Waals surface area contributed by atoms with E-state index in [4.69, 9.17) is 5.73 Å². The molecule has 2 saturated heterocycles. The molecule has 2 aliphatic rings. The summed E-state index contributed by atoms with van der Waals surface area (Å²) in [4.78, 5) is 14.9. The molecule has 0 aromatic carbocycles. The molecule has 0 amide bonds. The molecule has 3 atom stereocenters. The predicted molar refractivity (Wildman–Crippen MR) is 87.2 cm³/mol. The van der Waals surface area contributed by atoms with Gasteiger partial charge in [0.15, 0.2) is 5.82 Å². The summed E-state index contributed by atoms with van der Waals surface area (Å²) >= 11 is 1.70. The van der Waals surface area contributed by atoms with Gasteiger partial charge in [-0.05, 0) is 12.1 Å². The molecule has 2 aromatic heterocycles. The summed E-state index contributed by atoms with van der Waals surface area (Å²) in [7, 11) is 0. The third-order valence-corrected chi connectivity index (χ3v) is 5.54. The molecule has 8 heteroatoms. The molecular formula is C15H17FN6S. The standard InChI is InChI=1S/C15H17FN6S/c16-11-5-19-14(20-6-11)22-7-10-8-23-13(17)21-15(10,9-22)12-3-1-2-4-18-12/h1-6,10,13,21H,7-9,17H2/t10-,13?,15-/m0/s1. The Morgan fingerprint density at radius 1 is 1.30 bits per heavy atom. The Morgan fingerprint density at radius 3 is 2.87 bits per heavy atom. The lowest BCUT2D eigenvalue weighted by Gasteiger charge is -2.41. The third-order valence-electron chi connectivity index (χ3n) is 4.47. The molecule has 0 radical (unpaired) electrons. The highest BCUT2D eigenvalue weighted by atomic mass is 32.2. The van der Waals surface area contributed by atoms with Crippen molar-refractivity contribution in [2.45, 2.75) is 11.0 Å². The molecule has 2 fully saturated rings. The fraction of sp³-hybridized carbons (Fsp3) is 0.400. The maximum absolute atomic E-state index is 13.1. The molecule has 6 nitrogen and oxygen atoms in total. The second-order valence-corrected chi connectivity index (χ2v) is 7.04. The number of aromatic nitrogens is 3. The molecule has 23 heavy (non-hydrogen) atoms. The largest absolute Gasteiger partial charge is 0.338 e. The van der Waals surface area contributed by atoms with Gasteiger partial charge in [0.25, 0.3) is 0 Å². The molecule has 4 heterocycles. The van der Waals surface area contributed by atoms with Crippen molar-refractivity contribution in [2.24, 2.45) is 11.7 Å². The SMILES string of the molecule is NC1N[C@@]2(c3ccccn3)CN(c3ncc(F)cn3)C[C@H]2CS1. The minimum Gasteiger partial charge on any atom is -0.338 e. The highest BCUT2D eigenvalue weighted by Crippen LogP contribution is 2.42. The van der Waals surface area contributed by atoms with Gasteiger partial charge in [0, 0.05) is 31.0 Å². The summed E-state index contributed by atoms with van der Waals surface area (Å²) < 4.78 is 13.1. The van der Waals surface area contributed by atoms with Gasteiger partial charge in [-0.1, -0.05) is 6.07 Å². The molecule has 0 saturated carbocycles. The van der Waals surface area contributed by atoms with E-state index in [9.17, 15) is 4.39 Å². The van der Waals surface area contributed by atoms with Crippen LogP contribution in [0.3, 0.4) is 0 Å². The van der Waals surface area contributed by atoms with Gasteiger partial charge in [-0.25, -0.2) is 14.4 Å². The van der Waals surface area contributed by atoms with E-state index in [1.165, 1.54) is 12.4 Å². The molecule has 0 spiro atoms. The summed E-state index contributed by atoms with van der Waals surface area (Å²) in [5.41, 5.74) is 6.65. The van der Waals surface area contributed by atoms with Crippen LogP contribution in [0.4, 0.5) is 10.3 Å². The smallest absolute Gasteiger partial charge is 0.225 e. The predicted octanol–water partition coefficient (Wildman–Crippen LogP) is 0.921. The quantitative estimate of drug-likeness (QED) is 0.846. The maximum atomic E-state index is 13.1. The van der Waals surface area contributed by atoms with Gasteiger partial charge in [-0.3, -0.25) is 10.3 Å². The molecule has 0 aliphatic carbocycles. The van der Waals surface area contributed by atoms with Gasteiger partial charge in [0.05, 0.1) is 23.6 Å². The van der Waals surface area contributed by atoms with Crippen LogP contribution in [-0.4, -0.2) is 39.3 Å². The number of hydrogen-bond acceptors (Lipinski definition) is 7. The Morgan fingerprint density at radius 2 is 2.13 bits per heavy atom. The second kappa shape index (κ2) is 5.70. The van der Waals surface area contributed by atoms with E-state index < -0.39 is 5.82 Å². The first-order chi connectivity index (χ1) is 11.2. The number of anilines is 1. The lowest BCUT2D eigenvalue weighted by molar-refractivity contribution is 0.267. The number of pyridine rings is 1. The van der Waals surface area contributed by atoms with Gasteiger partial charge in [0.1, 0.15) is 5.50 Å². The molecular weight excluding hydrogens is 315 g/mol. The third kappa shape index (κ3) is 2.56. The zero-order valence-electron chi connectivity index (χ0n) is 12.4. The van der Waals surface area contributed by atoms with Gasteiger partial charge in [-0.2, -0.15) is 0 Å².